The van der Waals surface area contributed by atoms with E-state index in [1.165, 1.54) is 12.1 Å². The fraction of sp³-hybridized carbons (Fsp3) is 0.400. The fourth-order valence-electron chi connectivity index (χ4n) is 1.06. The van der Waals surface area contributed by atoms with E-state index < -0.39 is 4.92 Å². The van der Waals surface area contributed by atoms with E-state index in [1.807, 2.05) is 13.8 Å². The van der Waals surface area contributed by atoms with Gasteiger partial charge in [0.25, 0.3) is 0 Å². The van der Waals surface area contributed by atoms with Crippen LogP contribution in [0.25, 0.3) is 0 Å². The molecule has 0 amide bonds. The molecule has 15 heavy (non-hydrogen) atoms. The maximum absolute atomic E-state index is 10.7. The van der Waals surface area contributed by atoms with Gasteiger partial charge in [-0.05, 0) is 18.1 Å². The molecule has 0 aromatic heterocycles. The van der Waals surface area contributed by atoms with Crippen LogP contribution in [-0.4, -0.2) is 11.5 Å². The van der Waals surface area contributed by atoms with Crippen LogP contribution in [0.3, 0.4) is 0 Å². The molecule has 1 rings (SSSR count). The Labute approximate surface area is 88.0 Å². The molecule has 0 spiro atoms. The minimum Gasteiger partial charge on any atom is -0.487 e. The lowest BCUT2D eigenvalue weighted by Crippen LogP contribution is -2.06. The molecule has 5 heteroatoms. The lowest BCUT2D eigenvalue weighted by Gasteiger charge is -2.08. The highest BCUT2D eigenvalue weighted by Gasteiger charge is 2.15. The summed E-state index contributed by atoms with van der Waals surface area (Å²) in [6.45, 7) is 4.40. The van der Waals surface area contributed by atoms with E-state index in [4.69, 9.17) is 10.5 Å². The molecule has 0 aliphatic carbocycles. The predicted octanol–water partition coefficient (Wildman–Crippen LogP) is 2.21. The normalized spacial score (nSPS) is 10.3. The van der Waals surface area contributed by atoms with Gasteiger partial charge in [0.05, 0.1) is 11.5 Å². The van der Waals surface area contributed by atoms with Crippen LogP contribution >= 0.6 is 0 Å². The first kappa shape index (κ1) is 11.3. The molecule has 0 bridgehead atoms. The highest BCUT2D eigenvalue weighted by atomic mass is 16.6. The maximum Gasteiger partial charge on any atom is 0.312 e. The van der Waals surface area contributed by atoms with E-state index >= 15 is 0 Å². The number of nitrogens with zero attached hydrogens (tertiary/aromatic N) is 1. The number of ether oxygens (including phenoxy) is 1. The van der Waals surface area contributed by atoms with Crippen molar-refractivity contribution >= 4 is 11.4 Å². The Balaban J connectivity index is 2.91. The van der Waals surface area contributed by atoms with E-state index in [2.05, 4.69) is 0 Å². The second-order valence-electron chi connectivity index (χ2n) is 3.69. The number of hydrogen-bond donors (Lipinski definition) is 1. The number of rotatable bonds is 4. The molecule has 2 N–H and O–H groups in total. The Morgan fingerprint density at radius 3 is 2.73 bits per heavy atom. The lowest BCUT2D eigenvalue weighted by atomic mass is 10.2. The summed E-state index contributed by atoms with van der Waals surface area (Å²) in [5.74, 6) is 0.588. The van der Waals surface area contributed by atoms with Crippen molar-refractivity contribution in [2.75, 3.05) is 12.3 Å². The second-order valence-corrected chi connectivity index (χ2v) is 3.69. The number of benzene rings is 1. The Morgan fingerprint density at radius 1 is 1.53 bits per heavy atom. The summed E-state index contributed by atoms with van der Waals surface area (Å²) in [7, 11) is 0. The molecule has 82 valence electrons. The molecule has 0 unspecified atom stereocenters. The molecular weight excluding hydrogens is 196 g/mol. The molecule has 0 heterocycles. The summed E-state index contributed by atoms with van der Waals surface area (Å²) in [4.78, 5) is 10.2. The third-order valence-corrected chi connectivity index (χ3v) is 1.75. The Morgan fingerprint density at radius 2 is 2.20 bits per heavy atom. The van der Waals surface area contributed by atoms with Gasteiger partial charge in [-0.2, -0.15) is 0 Å². The summed E-state index contributed by atoms with van der Waals surface area (Å²) < 4.78 is 5.32. The third kappa shape index (κ3) is 3.12. The maximum atomic E-state index is 10.7. The van der Waals surface area contributed by atoms with Crippen LogP contribution < -0.4 is 10.5 Å². The topological polar surface area (TPSA) is 78.4 Å². The van der Waals surface area contributed by atoms with Gasteiger partial charge in [0.1, 0.15) is 0 Å². The zero-order valence-corrected chi connectivity index (χ0v) is 8.77. The van der Waals surface area contributed by atoms with Crippen molar-refractivity contribution in [2.45, 2.75) is 13.8 Å². The Hall–Kier alpha value is -1.78. The molecule has 0 saturated heterocycles. The van der Waals surface area contributed by atoms with Gasteiger partial charge in [0.15, 0.2) is 5.75 Å². The zero-order valence-electron chi connectivity index (χ0n) is 8.77. The molecule has 0 fully saturated rings. The van der Waals surface area contributed by atoms with E-state index in [0.717, 1.165) is 0 Å². The first-order valence-electron chi connectivity index (χ1n) is 4.67. The van der Waals surface area contributed by atoms with E-state index in [0.29, 0.717) is 18.2 Å². The molecule has 1 aromatic rings. The molecule has 0 atom stereocenters. The third-order valence-electron chi connectivity index (χ3n) is 1.75. The average molecular weight is 210 g/mol. The van der Waals surface area contributed by atoms with Crippen molar-refractivity contribution < 1.29 is 9.66 Å². The van der Waals surface area contributed by atoms with Gasteiger partial charge in [0, 0.05) is 11.8 Å². The largest absolute Gasteiger partial charge is 0.487 e. The molecule has 5 nitrogen and oxygen atoms in total. The SMILES string of the molecule is CC(C)COc1ccc(N)cc1[N+](=O)[O-]. The smallest absolute Gasteiger partial charge is 0.312 e. The standard InChI is InChI=1S/C10H14N2O3/c1-7(2)6-15-10-4-3-8(11)5-9(10)12(13)14/h3-5,7H,6,11H2,1-2H3. The van der Waals surface area contributed by atoms with Gasteiger partial charge in [-0.25, -0.2) is 0 Å². The molecule has 1 aromatic carbocycles. The van der Waals surface area contributed by atoms with Crippen LogP contribution in [0.1, 0.15) is 13.8 Å². The number of nitro groups is 1. The Kier molecular flexibility index (Phi) is 3.49. The summed E-state index contributed by atoms with van der Waals surface area (Å²) in [6, 6.07) is 4.41. The summed E-state index contributed by atoms with van der Waals surface area (Å²) in [5.41, 5.74) is 5.73. The predicted molar refractivity (Wildman–Crippen MR) is 57.8 cm³/mol. The molecular formula is C10H14N2O3. The van der Waals surface area contributed by atoms with E-state index in [9.17, 15) is 10.1 Å². The summed E-state index contributed by atoms with van der Waals surface area (Å²) in [6.07, 6.45) is 0. The van der Waals surface area contributed by atoms with Crippen molar-refractivity contribution in [3.05, 3.63) is 28.3 Å². The van der Waals surface area contributed by atoms with Crippen molar-refractivity contribution in [1.29, 1.82) is 0 Å². The van der Waals surface area contributed by atoms with Gasteiger partial charge >= 0.3 is 5.69 Å². The van der Waals surface area contributed by atoms with Gasteiger partial charge in [-0.15, -0.1) is 0 Å². The summed E-state index contributed by atoms with van der Waals surface area (Å²) >= 11 is 0. The van der Waals surface area contributed by atoms with Crippen molar-refractivity contribution in [1.82, 2.24) is 0 Å². The van der Waals surface area contributed by atoms with Crippen LogP contribution in [0.4, 0.5) is 11.4 Å². The molecule has 0 saturated carbocycles. The number of hydrogen-bond acceptors (Lipinski definition) is 4. The van der Waals surface area contributed by atoms with Gasteiger partial charge in [-0.3, -0.25) is 10.1 Å². The Bertz CT molecular complexity index is 364. The number of nitro benzene ring substituents is 1. The monoisotopic (exact) mass is 210 g/mol. The van der Waals surface area contributed by atoms with E-state index in [-0.39, 0.29) is 11.4 Å². The quantitative estimate of drug-likeness (QED) is 0.469. The second kappa shape index (κ2) is 4.63. The van der Waals surface area contributed by atoms with Gasteiger partial charge < -0.3 is 10.5 Å². The molecule has 0 aliphatic heterocycles. The number of nitrogens with two attached hydrogens (primary N) is 1. The zero-order chi connectivity index (χ0) is 11.4. The van der Waals surface area contributed by atoms with Crippen molar-refractivity contribution in [2.24, 2.45) is 5.92 Å². The van der Waals surface area contributed by atoms with Crippen molar-refractivity contribution in [3.63, 3.8) is 0 Å². The fourth-order valence-corrected chi connectivity index (χ4v) is 1.06. The average Bonchev–Trinajstić information content (AvgIpc) is 2.15. The van der Waals surface area contributed by atoms with E-state index in [1.54, 1.807) is 6.07 Å². The minimum atomic E-state index is -0.494. The lowest BCUT2D eigenvalue weighted by molar-refractivity contribution is -0.385. The van der Waals surface area contributed by atoms with Crippen LogP contribution in [-0.2, 0) is 0 Å². The van der Waals surface area contributed by atoms with Crippen LogP contribution in [0.5, 0.6) is 5.75 Å². The van der Waals surface area contributed by atoms with Crippen LogP contribution in [0.15, 0.2) is 18.2 Å². The van der Waals surface area contributed by atoms with Gasteiger partial charge in [0.2, 0.25) is 0 Å². The number of anilines is 1. The molecule has 0 radical (unpaired) electrons. The van der Waals surface area contributed by atoms with Crippen LogP contribution in [0, 0.1) is 16.0 Å². The van der Waals surface area contributed by atoms with Gasteiger partial charge in [-0.1, -0.05) is 13.8 Å². The summed E-state index contributed by atoms with van der Waals surface area (Å²) in [5, 5.41) is 10.7. The first-order valence-corrected chi connectivity index (χ1v) is 4.67. The first-order chi connectivity index (χ1) is 7.00. The highest BCUT2D eigenvalue weighted by molar-refractivity contribution is 5.56. The minimum absolute atomic E-state index is 0.0874. The highest BCUT2D eigenvalue weighted by Crippen LogP contribution is 2.29. The number of nitrogen functional groups attached to an aromatic ring is 1. The van der Waals surface area contributed by atoms with Crippen molar-refractivity contribution in [3.8, 4) is 5.75 Å². The molecule has 0 aliphatic rings. The van der Waals surface area contributed by atoms with Crippen LogP contribution in [0.2, 0.25) is 0 Å².